The lowest BCUT2D eigenvalue weighted by molar-refractivity contribution is 0.400. The fourth-order valence-corrected chi connectivity index (χ4v) is 4.37. The maximum atomic E-state index is 13.0. The van der Waals surface area contributed by atoms with E-state index in [4.69, 9.17) is 13.7 Å². The van der Waals surface area contributed by atoms with Crippen molar-refractivity contribution in [1.82, 2.24) is 19.9 Å². The summed E-state index contributed by atoms with van der Waals surface area (Å²) < 4.78 is 46.2. The van der Waals surface area contributed by atoms with E-state index < -0.39 is 10.0 Å². The Labute approximate surface area is 170 Å². The molecule has 5 rings (SSSR count). The van der Waals surface area contributed by atoms with E-state index in [9.17, 15) is 8.42 Å². The molecule has 152 valence electrons. The number of para-hydroxylation sites is 1. The molecule has 4 aromatic heterocycles. The molecule has 4 heterocycles. The summed E-state index contributed by atoms with van der Waals surface area (Å²) in [6, 6.07) is 10.0. The molecule has 0 aliphatic carbocycles. The maximum Gasteiger partial charge on any atom is 0.266 e. The summed E-state index contributed by atoms with van der Waals surface area (Å²) in [4.78, 5) is 4.42. The zero-order chi connectivity index (χ0) is 20.7. The minimum Gasteiger partial charge on any atom is -0.480 e. The lowest BCUT2D eigenvalue weighted by Crippen LogP contribution is -2.14. The zero-order valence-corrected chi connectivity index (χ0v) is 16.5. The number of nitrogens with one attached hydrogen (secondary N) is 1. The molecule has 0 saturated heterocycles. The Morgan fingerprint density at radius 3 is 2.93 bits per heavy atom. The van der Waals surface area contributed by atoms with E-state index in [1.165, 1.54) is 19.4 Å². The van der Waals surface area contributed by atoms with Crippen LogP contribution in [-0.4, -0.2) is 35.4 Å². The first-order valence-corrected chi connectivity index (χ1v) is 10.3. The van der Waals surface area contributed by atoms with E-state index >= 15 is 0 Å². The van der Waals surface area contributed by atoms with Crippen LogP contribution in [0.1, 0.15) is 5.69 Å². The number of methoxy groups -OCH3 is 1. The quantitative estimate of drug-likeness (QED) is 0.440. The van der Waals surface area contributed by atoms with E-state index in [1.807, 2.05) is 0 Å². The Kier molecular flexibility index (Phi) is 4.17. The number of nitrogens with zero attached hydrogens (tertiary/aromatic N) is 4. The summed E-state index contributed by atoms with van der Waals surface area (Å²) in [5.74, 6) is 0.161. The van der Waals surface area contributed by atoms with Gasteiger partial charge < -0.3 is 13.7 Å². The number of sulfonamides is 1. The van der Waals surface area contributed by atoms with E-state index in [-0.39, 0.29) is 22.2 Å². The first-order valence-electron chi connectivity index (χ1n) is 8.85. The van der Waals surface area contributed by atoms with Gasteiger partial charge in [-0.2, -0.15) is 5.10 Å². The van der Waals surface area contributed by atoms with Crippen LogP contribution < -0.4 is 9.46 Å². The summed E-state index contributed by atoms with van der Waals surface area (Å²) in [5.41, 5.74) is 1.20. The van der Waals surface area contributed by atoms with Crippen molar-refractivity contribution in [3.05, 3.63) is 60.7 Å². The average Bonchev–Trinajstić information content (AvgIpc) is 3.48. The molecule has 30 heavy (non-hydrogen) atoms. The van der Waals surface area contributed by atoms with Crippen LogP contribution >= 0.6 is 0 Å². The lowest BCUT2D eigenvalue weighted by atomic mass is 10.2. The van der Waals surface area contributed by atoms with E-state index in [0.29, 0.717) is 28.6 Å². The molecule has 0 radical (unpaired) electrons. The van der Waals surface area contributed by atoms with E-state index in [2.05, 4.69) is 20.0 Å². The van der Waals surface area contributed by atoms with Crippen molar-refractivity contribution >= 4 is 37.8 Å². The number of hydrogen-bond acceptors (Lipinski definition) is 8. The highest BCUT2D eigenvalue weighted by Gasteiger charge is 2.25. The van der Waals surface area contributed by atoms with Crippen molar-refractivity contribution < 1.29 is 22.1 Å². The second-order valence-corrected chi connectivity index (χ2v) is 8.08. The van der Waals surface area contributed by atoms with Gasteiger partial charge in [0.25, 0.3) is 10.0 Å². The number of benzene rings is 1. The van der Waals surface area contributed by atoms with Gasteiger partial charge in [-0.05, 0) is 18.2 Å². The van der Waals surface area contributed by atoms with Gasteiger partial charge >= 0.3 is 0 Å². The highest BCUT2D eigenvalue weighted by molar-refractivity contribution is 7.93. The molecule has 11 heteroatoms. The van der Waals surface area contributed by atoms with Crippen LogP contribution in [0.2, 0.25) is 0 Å². The van der Waals surface area contributed by atoms with Gasteiger partial charge in [0.05, 0.1) is 25.6 Å². The Hall–Kier alpha value is -3.86. The topological polar surface area (TPSA) is 125 Å². The number of aromatic nitrogens is 4. The SMILES string of the molecule is COc1nc(Cn2cccn2)cc2onc(NS(=O)(=O)c3cccc4ccoc34)c12. The number of hydrogen-bond donors (Lipinski definition) is 1. The molecule has 0 aliphatic heterocycles. The third kappa shape index (κ3) is 3.05. The predicted octanol–water partition coefficient (Wildman–Crippen LogP) is 3.02. The van der Waals surface area contributed by atoms with Crippen LogP contribution in [0.15, 0.2) is 68.9 Å². The molecule has 0 fully saturated rings. The molecule has 0 unspecified atom stereocenters. The Morgan fingerprint density at radius 2 is 2.13 bits per heavy atom. The van der Waals surface area contributed by atoms with Crippen molar-refractivity contribution in [3.63, 3.8) is 0 Å². The zero-order valence-electron chi connectivity index (χ0n) is 15.6. The van der Waals surface area contributed by atoms with Crippen LogP contribution in [-0.2, 0) is 16.6 Å². The molecular formula is C19H15N5O5S. The van der Waals surface area contributed by atoms with Gasteiger partial charge in [0.2, 0.25) is 5.88 Å². The molecule has 0 saturated carbocycles. The fourth-order valence-electron chi connectivity index (χ4n) is 3.20. The van der Waals surface area contributed by atoms with Gasteiger partial charge in [-0.1, -0.05) is 17.3 Å². The van der Waals surface area contributed by atoms with E-state index in [1.54, 1.807) is 47.4 Å². The van der Waals surface area contributed by atoms with Crippen LogP contribution in [0.4, 0.5) is 5.82 Å². The fraction of sp³-hybridized carbons (Fsp3) is 0.105. The van der Waals surface area contributed by atoms with Crippen LogP contribution in [0.25, 0.3) is 21.9 Å². The Bertz CT molecular complexity index is 1450. The van der Waals surface area contributed by atoms with Crippen LogP contribution in [0.5, 0.6) is 5.88 Å². The normalized spacial score (nSPS) is 11.9. The van der Waals surface area contributed by atoms with E-state index in [0.717, 1.165) is 0 Å². The van der Waals surface area contributed by atoms with Crippen molar-refractivity contribution in [2.45, 2.75) is 11.4 Å². The number of rotatable bonds is 6. The van der Waals surface area contributed by atoms with Gasteiger partial charge in [0.15, 0.2) is 17.0 Å². The van der Waals surface area contributed by atoms with Crippen molar-refractivity contribution in [1.29, 1.82) is 0 Å². The maximum absolute atomic E-state index is 13.0. The van der Waals surface area contributed by atoms with Gasteiger partial charge in [-0.3, -0.25) is 9.40 Å². The molecule has 0 aliphatic rings. The lowest BCUT2D eigenvalue weighted by Gasteiger charge is -2.08. The smallest absolute Gasteiger partial charge is 0.266 e. The largest absolute Gasteiger partial charge is 0.480 e. The number of pyridine rings is 1. The van der Waals surface area contributed by atoms with Gasteiger partial charge in [0.1, 0.15) is 10.3 Å². The van der Waals surface area contributed by atoms with Gasteiger partial charge in [-0.15, -0.1) is 0 Å². The minimum atomic E-state index is -4.01. The molecule has 1 N–H and O–H groups in total. The summed E-state index contributed by atoms with van der Waals surface area (Å²) in [6.45, 7) is 0.390. The molecule has 5 aromatic rings. The minimum absolute atomic E-state index is 0.0108. The first-order chi connectivity index (χ1) is 14.5. The number of anilines is 1. The van der Waals surface area contributed by atoms with Gasteiger partial charge in [0, 0.05) is 23.8 Å². The third-order valence-corrected chi connectivity index (χ3v) is 5.88. The predicted molar refractivity (Wildman–Crippen MR) is 107 cm³/mol. The van der Waals surface area contributed by atoms with Crippen molar-refractivity contribution in [2.75, 3.05) is 11.8 Å². The highest BCUT2D eigenvalue weighted by Crippen LogP contribution is 2.33. The molecule has 10 nitrogen and oxygen atoms in total. The first kappa shape index (κ1) is 18.2. The molecular weight excluding hydrogens is 410 g/mol. The summed E-state index contributed by atoms with van der Waals surface area (Å²) >= 11 is 0. The summed E-state index contributed by atoms with van der Waals surface area (Å²) in [6.07, 6.45) is 4.90. The molecule has 0 amide bonds. The monoisotopic (exact) mass is 425 g/mol. The molecule has 0 atom stereocenters. The number of ether oxygens (including phenoxy) is 1. The Balaban J connectivity index is 1.55. The second-order valence-electron chi connectivity index (χ2n) is 6.43. The average molecular weight is 425 g/mol. The third-order valence-electron chi connectivity index (χ3n) is 4.52. The summed E-state index contributed by atoms with van der Waals surface area (Å²) in [5, 5.41) is 9.01. The van der Waals surface area contributed by atoms with Crippen LogP contribution in [0.3, 0.4) is 0 Å². The molecule has 0 spiro atoms. The second kappa shape index (κ2) is 6.88. The van der Waals surface area contributed by atoms with Crippen molar-refractivity contribution in [2.24, 2.45) is 0 Å². The highest BCUT2D eigenvalue weighted by atomic mass is 32.2. The summed E-state index contributed by atoms with van der Waals surface area (Å²) in [7, 11) is -2.57. The van der Waals surface area contributed by atoms with Crippen LogP contribution in [0, 0.1) is 0 Å². The number of fused-ring (bicyclic) bond motifs is 2. The van der Waals surface area contributed by atoms with Gasteiger partial charge in [-0.25, -0.2) is 13.4 Å². The number of furan rings is 1. The standard InChI is InChI=1S/C19H15N5O5S/c1-27-19-16-14(10-13(21-19)11-24-8-3-7-20-24)29-22-18(16)23-30(25,26)15-5-2-4-12-6-9-28-17(12)15/h2-10H,11H2,1H3,(H,22,23). The van der Waals surface area contributed by atoms with Crippen molar-refractivity contribution in [3.8, 4) is 5.88 Å². The Morgan fingerprint density at radius 1 is 1.23 bits per heavy atom. The molecule has 1 aromatic carbocycles. The molecule has 0 bridgehead atoms.